The molecule has 2 aromatic heterocycles. The highest BCUT2D eigenvalue weighted by molar-refractivity contribution is 7.13. The van der Waals surface area contributed by atoms with E-state index in [1.165, 1.54) is 11.3 Å². The lowest BCUT2D eigenvalue weighted by molar-refractivity contribution is -0.151. The fourth-order valence-corrected chi connectivity index (χ4v) is 3.91. The monoisotopic (exact) mass is 373 g/mol. The van der Waals surface area contributed by atoms with E-state index in [4.69, 9.17) is 4.74 Å². The Morgan fingerprint density at radius 2 is 2.27 bits per heavy atom. The molecule has 1 aliphatic rings. The van der Waals surface area contributed by atoms with Crippen LogP contribution in [0.4, 0.5) is 0 Å². The largest absolute Gasteiger partial charge is 0.466 e. The van der Waals surface area contributed by atoms with Crippen LogP contribution < -0.4 is 0 Å². The summed E-state index contributed by atoms with van der Waals surface area (Å²) in [6.45, 7) is 3.36. The Hall–Kier alpha value is -2.28. The van der Waals surface area contributed by atoms with E-state index in [2.05, 4.69) is 9.97 Å². The maximum atomic E-state index is 12.5. The number of ether oxygens (including phenoxy) is 1. The van der Waals surface area contributed by atoms with Crippen LogP contribution in [0.25, 0.3) is 10.7 Å². The van der Waals surface area contributed by atoms with Gasteiger partial charge in [0.2, 0.25) is 5.91 Å². The molecule has 1 atom stereocenters. The quantitative estimate of drug-likeness (QED) is 0.728. The number of esters is 1. The molecule has 3 heterocycles. The smallest absolute Gasteiger partial charge is 0.310 e. The molecule has 0 aromatic carbocycles. The molecule has 0 aliphatic carbocycles. The molecule has 6 nitrogen and oxygen atoms in total. The molecule has 0 radical (unpaired) electrons. The molecule has 1 fully saturated rings. The van der Waals surface area contributed by atoms with Gasteiger partial charge in [-0.25, -0.2) is 4.98 Å². The first kappa shape index (κ1) is 18.5. The number of pyridine rings is 1. The van der Waals surface area contributed by atoms with Gasteiger partial charge < -0.3 is 9.64 Å². The van der Waals surface area contributed by atoms with Crippen LogP contribution in [0.15, 0.2) is 29.8 Å². The maximum Gasteiger partial charge on any atom is 0.310 e. The normalized spacial score (nSPS) is 17.1. The third-order valence-corrected chi connectivity index (χ3v) is 5.34. The molecule has 1 saturated heterocycles. The molecule has 1 amide bonds. The molecule has 3 rings (SSSR count). The fourth-order valence-electron chi connectivity index (χ4n) is 3.08. The van der Waals surface area contributed by atoms with Crippen LogP contribution in [-0.4, -0.2) is 46.4 Å². The van der Waals surface area contributed by atoms with E-state index >= 15 is 0 Å². The number of nitrogens with zero attached hydrogens (tertiary/aromatic N) is 3. The first-order chi connectivity index (χ1) is 12.7. The van der Waals surface area contributed by atoms with E-state index in [-0.39, 0.29) is 17.8 Å². The number of aryl methyl sites for hydroxylation is 1. The molecule has 0 bridgehead atoms. The van der Waals surface area contributed by atoms with Crippen molar-refractivity contribution in [1.82, 2.24) is 14.9 Å². The van der Waals surface area contributed by atoms with Crippen molar-refractivity contribution in [1.29, 1.82) is 0 Å². The lowest BCUT2D eigenvalue weighted by Crippen LogP contribution is -2.42. The maximum absolute atomic E-state index is 12.5. The summed E-state index contributed by atoms with van der Waals surface area (Å²) in [5, 5.41) is 2.85. The van der Waals surface area contributed by atoms with Crippen LogP contribution >= 0.6 is 11.3 Å². The van der Waals surface area contributed by atoms with Gasteiger partial charge in [0.25, 0.3) is 0 Å². The Balaban J connectivity index is 1.52. The first-order valence-electron chi connectivity index (χ1n) is 8.97. The zero-order chi connectivity index (χ0) is 18.4. The molecule has 0 spiro atoms. The summed E-state index contributed by atoms with van der Waals surface area (Å²) in [4.78, 5) is 35.1. The summed E-state index contributed by atoms with van der Waals surface area (Å²) in [5.74, 6) is -0.307. The number of carbonyl (C=O) groups is 2. The van der Waals surface area contributed by atoms with Gasteiger partial charge in [-0.3, -0.25) is 14.6 Å². The standard InChI is InChI=1S/C19H23N3O3S/c1-2-25-19(24)14-6-5-11-22(12-14)17(23)9-8-15-13-26-18(21-15)16-7-3-4-10-20-16/h3-4,7,10,13-14H,2,5-6,8-9,11-12H2,1H3. The van der Waals surface area contributed by atoms with Crippen molar-refractivity contribution >= 4 is 23.2 Å². The predicted molar refractivity (Wildman–Crippen MR) is 99.6 cm³/mol. The van der Waals surface area contributed by atoms with Crippen LogP contribution in [-0.2, 0) is 20.7 Å². The summed E-state index contributed by atoms with van der Waals surface area (Å²) >= 11 is 1.54. The van der Waals surface area contributed by atoms with Crippen LogP contribution in [0.2, 0.25) is 0 Å². The molecule has 0 N–H and O–H groups in total. The highest BCUT2D eigenvalue weighted by Crippen LogP contribution is 2.23. The van der Waals surface area contributed by atoms with E-state index in [1.807, 2.05) is 23.6 Å². The van der Waals surface area contributed by atoms with Crippen molar-refractivity contribution in [3.8, 4) is 10.7 Å². The topological polar surface area (TPSA) is 72.4 Å². The molecular weight excluding hydrogens is 350 g/mol. The first-order valence-corrected chi connectivity index (χ1v) is 9.85. The minimum absolute atomic E-state index is 0.0754. The average molecular weight is 373 g/mol. The van der Waals surface area contributed by atoms with Crippen LogP contribution in [0, 0.1) is 5.92 Å². The number of aromatic nitrogens is 2. The van der Waals surface area contributed by atoms with Crippen LogP contribution in [0.5, 0.6) is 0 Å². The number of amides is 1. The third kappa shape index (κ3) is 4.66. The van der Waals surface area contributed by atoms with E-state index < -0.39 is 0 Å². The van der Waals surface area contributed by atoms with Gasteiger partial charge in [0.1, 0.15) is 5.01 Å². The third-order valence-electron chi connectivity index (χ3n) is 4.42. The molecule has 1 aliphatic heterocycles. The Labute approximate surface area is 157 Å². The van der Waals surface area contributed by atoms with Gasteiger partial charge in [0, 0.05) is 31.1 Å². The minimum Gasteiger partial charge on any atom is -0.466 e. The fraction of sp³-hybridized carbons (Fsp3) is 0.474. The summed E-state index contributed by atoms with van der Waals surface area (Å²) in [5.41, 5.74) is 1.76. The Morgan fingerprint density at radius 1 is 1.38 bits per heavy atom. The number of hydrogen-bond acceptors (Lipinski definition) is 6. The SMILES string of the molecule is CCOC(=O)C1CCCN(C(=O)CCc2csc(-c3ccccn3)n2)C1. The van der Waals surface area contributed by atoms with Crippen molar-refractivity contribution in [2.24, 2.45) is 5.92 Å². The van der Waals surface area contributed by atoms with Gasteiger partial charge in [0.05, 0.1) is 23.9 Å². The Kier molecular flexibility index (Phi) is 6.33. The number of likely N-dealkylation sites (tertiary alicyclic amines) is 1. The van der Waals surface area contributed by atoms with Crippen molar-refractivity contribution in [2.45, 2.75) is 32.6 Å². The number of thiazole rings is 1. The number of carbonyl (C=O) groups excluding carboxylic acids is 2. The lowest BCUT2D eigenvalue weighted by Gasteiger charge is -2.31. The second kappa shape index (κ2) is 8.89. The molecule has 26 heavy (non-hydrogen) atoms. The lowest BCUT2D eigenvalue weighted by atomic mass is 9.98. The van der Waals surface area contributed by atoms with Gasteiger partial charge in [-0.1, -0.05) is 6.07 Å². The van der Waals surface area contributed by atoms with E-state index in [9.17, 15) is 9.59 Å². The zero-order valence-electron chi connectivity index (χ0n) is 14.9. The summed E-state index contributed by atoms with van der Waals surface area (Å²) < 4.78 is 5.09. The predicted octanol–water partition coefficient (Wildman–Crippen LogP) is 2.94. The van der Waals surface area contributed by atoms with Crippen molar-refractivity contribution in [2.75, 3.05) is 19.7 Å². The summed E-state index contributed by atoms with van der Waals surface area (Å²) in [6.07, 6.45) is 4.39. The second-order valence-corrected chi connectivity index (χ2v) is 7.15. The van der Waals surface area contributed by atoms with Gasteiger partial charge in [0.15, 0.2) is 0 Å². The number of hydrogen-bond donors (Lipinski definition) is 0. The van der Waals surface area contributed by atoms with Gasteiger partial charge in [-0.2, -0.15) is 0 Å². The van der Waals surface area contributed by atoms with Crippen LogP contribution in [0.3, 0.4) is 0 Å². The van der Waals surface area contributed by atoms with E-state index in [0.717, 1.165) is 29.2 Å². The van der Waals surface area contributed by atoms with Gasteiger partial charge in [-0.05, 0) is 38.3 Å². The van der Waals surface area contributed by atoms with Crippen LogP contribution in [0.1, 0.15) is 31.9 Å². The molecule has 7 heteroatoms. The number of rotatable bonds is 6. The highest BCUT2D eigenvalue weighted by Gasteiger charge is 2.29. The Morgan fingerprint density at radius 3 is 3.04 bits per heavy atom. The molecule has 1 unspecified atom stereocenters. The Bertz CT molecular complexity index is 747. The second-order valence-electron chi connectivity index (χ2n) is 6.29. The van der Waals surface area contributed by atoms with Crippen molar-refractivity contribution in [3.05, 3.63) is 35.5 Å². The molecule has 0 saturated carbocycles. The van der Waals surface area contributed by atoms with E-state index in [1.54, 1.807) is 18.0 Å². The molecule has 138 valence electrons. The van der Waals surface area contributed by atoms with Crippen molar-refractivity contribution in [3.63, 3.8) is 0 Å². The average Bonchev–Trinajstić information content (AvgIpc) is 3.16. The van der Waals surface area contributed by atoms with Crippen molar-refractivity contribution < 1.29 is 14.3 Å². The van der Waals surface area contributed by atoms with E-state index in [0.29, 0.717) is 32.5 Å². The zero-order valence-corrected chi connectivity index (χ0v) is 15.7. The molecule has 2 aromatic rings. The highest BCUT2D eigenvalue weighted by atomic mass is 32.1. The van der Waals surface area contributed by atoms with Gasteiger partial charge in [-0.15, -0.1) is 11.3 Å². The minimum atomic E-state index is -0.192. The van der Waals surface area contributed by atoms with Gasteiger partial charge >= 0.3 is 5.97 Å². The summed E-state index contributed by atoms with van der Waals surface area (Å²) in [6, 6.07) is 5.74. The molecular formula is C19H23N3O3S. The number of piperidine rings is 1. The summed E-state index contributed by atoms with van der Waals surface area (Å²) in [7, 11) is 0.